The third-order valence-electron chi connectivity index (χ3n) is 3.92. The summed E-state index contributed by atoms with van der Waals surface area (Å²) >= 11 is 1.45. The van der Waals surface area contributed by atoms with Gasteiger partial charge in [-0.15, -0.1) is 11.3 Å². The van der Waals surface area contributed by atoms with E-state index in [2.05, 4.69) is 9.97 Å². The van der Waals surface area contributed by atoms with Crippen molar-refractivity contribution in [3.05, 3.63) is 63.6 Å². The number of thiophene rings is 1. The van der Waals surface area contributed by atoms with Crippen LogP contribution in [0.4, 0.5) is 0 Å². The number of fused-ring (bicyclic) bond motifs is 1. The zero-order valence-electron chi connectivity index (χ0n) is 13.9. The van der Waals surface area contributed by atoms with Gasteiger partial charge in [0.2, 0.25) is 0 Å². The molecule has 0 bridgehead atoms. The summed E-state index contributed by atoms with van der Waals surface area (Å²) in [6, 6.07) is 7.55. The molecule has 1 N–H and O–H groups in total. The van der Waals surface area contributed by atoms with Crippen molar-refractivity contribution in [2.45, 2.75) is 20.0 Å². The Kier molecular flexibility index (Phi) is 4.03. The molecule has 0 aliphatic rings. The van der Waals surface area contributed by atoms with Gasteiger partial charge in [-0.3, -0.25) is 9.69 Å². The minimum absolute atomic E-state index is 0.144. The van der Waals surface area contributed by atoms with Crippen molar-refractivity contribution in [3.8, 4) is 11.3 Å². The maximum Gasteiger partial charge on any atom is 0.260 e. The van der Waals surface area contributed by atoms with Crippen LogP contribution in [0.5, 0.6) is 0 Å². The highest BCUT2D eigenvalue weighted by atomic mass is 32.1. The van der Waals surface area contributed by atoms with Crippen molar-refractivity contribution < 1.29 is 8.83 Å². The van der Waals surface area contributed by atoms with E-state index in [1.807, 2.05) is 42.5 Å². The number of rotatable bonds is 5. The standard InChI is InChI=1S/C18H17N3O3S/c1-11-5-6-12(24-11)8-21(2)9-15-19-17(22)16-13(10-25-18(16)20-15)14-4-3-7-23-14/h3-7,10H,8-9H2,1-2H3,(H,19,20,22). The molecule has 4 aromatic rings. The Bertz CT molecular complexity index is 1060. The molecule has 128 valence electrons. The van der Waals surface area contributed by atoms with Crippen LogP contribution < -0.4 is 5.56 Å². The maximum atomic E-state index is 12.6. The Hall–Kier alpha value is -2.64. The predicted molar refractivity (Wildman–Crippen MR) is 96.6 cm³/mol. The van der Waals surface area contributed by atoms with Crippen molar-refractivity contribution in [2.75, 3.05) is 7.05 Å². The van der Waals surface area contributed by atoms with Crippen molar-refractivity contribution in [1.29, 1.82) is 0 Å². The molecule has 0 atom stereocenters. The van der Waals surface area contributed by atoms with E-state index < -0.39 is 0 Å². The lowest BCUT2D eigenvalue weighted by molar-refractivity contribution is 0.279. The number of furan rings is 2. The molecule has 0 saturated carbocycles. The van der Waals surface area contributed by atoms with E-state index in [0.717, 1.165) is 17.1 Å². The third kappa shape index (κ3) is 3.16. The molecule has 0 unspecified atom stereocenters. The molecule has 7 heteroatoms. The molecule has 25 heavy (non-hydrogen) atoms. The fourth-order valence-corrected chi connectivity index (χ4v) is 3.78. The molecule has 0 aromatic carbocycles. The molecule has 0 spiro atoms. The number of aryl methyl sites for hydroxylation is 1. The Morgan fingerprint density at radius 2 is 2.16 bits per heavy atom. The second-order valence-corrected chi connectivity index (χ2v) is 6.86. The summed E-state index contributed by atoms with van der Waals surface area (Å²) < 4.78 is 11.0. The highest BCUT2D eigenvalue weighted by Crippen LogP contribution is 2.30. The molecule has 6 nitrogen and oxygen atoms in total. The largest absolute Gasteiger partial charge is 0.465 e. The zero-order chi connectivity index (χ0) is 17.4. The average Bonchev–Trinajstić information content (AvgIpc) is 3.27. The summed E-state index contributed by atoms with van der Waals surface area (Å²) in [5.74, 6) is 3.09. The fraction of sp³-hybridized carbons (Fsp3) is 0.222. The number of hydrogen-bond donors (Lipinski definition) is 1. The molecule has 4 rings (SSSR count). The van der Waals surface area contributed by atoms with Crippen LogP contribution in [-0.2, 0) is 13.1 Å². The number of aromatic nitrogens is 2. The van der Waals surface area contributed by atoms with Gasteiger partial charge >= 0.3 is 0 Å². The van der Waals surface area contributed by atoms with Crippen LogP contribution in [0.3, 0.4) is 0 Å². The van der Waals surface area contributed by atoms with Gasteiger partial charge < -0.3 is 13.8 Å². The van der Waals surface area contributed by atoms with Gasteiger partial charge in [0.1, 0.15) is 27.9 Å². The summed E-state index contributed by atoms with van der Waals surface area (Å²) in [7, 11) is 1.96. The van der Waals surface area contributed by atoms with E-state index in [9.17, 15) is 4.79 Å². The second-order valence-electron chi connectivity index (χ2n) is 6.00. The van der Waals surface area contributed by atoms with Crippen molar-refractivity contribution in [2.24, 2.45) is 0 Å². The normalized spacial score (nSPS) is 11.6. The van der Waals surface area contributed by atoms with E-state index in [1.54, 1.807) is 12.3 Å². The van der Waals surface area contributed by atoms with Crippen molar-refractivity contribution in [1.82, 2.24) is 14.9 Å². The lowest BCUT2D eigenvalue weighted by Gasteiger charge is -2.14. The minimum atomic E-state index is -0.144. The van der Waals surface area contributed by atoms with Crippen LogP contribution in [0.15, 0.2) is 49.5 Å². The van der Waals surface area contributed by atoms with Crippen molar-refractivity contribution in [3.63, 3.8) is 0 Å². The molecule has 0 aliphatic heterocycles. The minimum Gasteiger partial charge on any atom is -0.465 e. The molecule has 0 fully saturated rings. The monoisotopic (exact) mass is 355 g/mol. The summed E-state index contributed by atoms with van der Waals surface area (Å²) in [5.41, 5.74) is 0.639. The van der Waals surface area contributed by atoms with Gasteiger partial charge in [0.05, 0.1) is 24.7 Å². The number of aromatic amines is 1. The van der Waals surface area contributed by atoms with Crippen LogP contribution in [0.1, 0.15) is 17.3 Å². The summed E-state index contributed by atoms with van der Waals surface area (Å²) in [6.07, 6.45) is 1.60. The first-order valence-electron chi connectivity index (χ1n) is 7.88. The highest BCUT2D eigenvalue weighted by molar-refractivity contribution is 7.17. The van der Waals surface area contributed by atoms with Crippen LogP contribution in [0, 0.1) is 6.92 Å². The Morgan fingerprint density at radius 3 is 2.88 bits per heavy atom. The third-order valence-corrected chi connectivity index (χ3v) is 4.79. The molecule has 0 amide bonds. The quantitative estimate of drug-likeness (QED) is 0.590. The first kappa shape index (κ1) is 15.9. The summed E-state index contributed by atoms with van der Waals surface area (Å²) in [5, 5.41) is 2.48. The Morgan fingerprint density at radius 1 is 1.28 bits per heavy atom. The lowest BCUT2D eigenvalue weighted by Crippen LogP contribution is -2.21. The molecular formula is C18H17N3O3S. The second kappa shape index (κ2) is 6.34. The maximum absolute atomic E-state index is 12.6. The summed E-state index contributed by atoms with van der Waals surface area (Å²) in [6.45, 7) is 3.10. The van der Waals surface area contributed by atoms with E-state index in [0.29, 0.717) is 34.9 Å². The number of nitrogens with one attached hydrogen (secondary N) is 1. The first-order valence-corrected chi connectivity index (χ1v) is 8.76. The smallest absolute Gasteiger partial charge is 0.260 e. The van der Waals surface area contributed by atoms with Crippen LogP contribution in [0.2, 0.25) is 0 Å². The van der Waals surface area contributed by atoms with Crippen LogP contribution >= 0.6 is 11.3 Å². The van der Waals surface area contributed by atoms with Gasteiger partial charge in [-0.25, -0.2) is 4.98 Å². The predicted octanol–water partition coefficient (Wildman–Crippen LogP) is 3.78. The summed E-state index contributed by atoms with van der Waals surface area (Å²) in [4.78, 5) is 22.8. The molecule has 4 heterocycles. The molecule has 4 aromatic heterocycles. The number of nitrogens with zero attached hydrogens (tertiary/aromatic N) is 2. The van der Waals surface area contributed by atoms with Gasteiger partial charge in [0.25, 0.3) is 5.56 Å². The van der Waals surface area contributed by atoms with Crippen molar-refractivity contribution >= 4 is 21.6 Å². The Labute approximate surface area is 147 Å². The number of hydrogen-bond acceptors (Lipinski definition) is 6. The van der Waals surface area contributed by atoms with Gasteiger partial charge in [-0.05, 0) is 38.2 Å². The molecule has 0 aliphatic carbocycles. The van der Waals surface area contributed by atoms with E-state index >= 15 is 0 Å². The fourth-order valence-electron chi connectivity index (χ4n) is 2.83. The lowest BCUT2D eigenvalue weighted by atomic mass is 10.2. The van der Waals surface area contributed by atoms with Crippen LogP contribution in [-0.4, -0.2) is 21.9 Å². The van der Waals surface area contributed by atoms with Gasteiger partial charge in [0, 0.05) is 10.9 Å². The highest BCUT2D eigenvalue weighted by Gasteiger charge is 2.15. The topological polar surface area (TPSA) is 75.3 Å². The molecular weight excluding hydrogens is 338 g/mol. The van der Waals surface area contributed by atoms with Gasteiger partial charge in [0.15, 0.2) is 0 Å². The van der Waals surface area contributed by atoms with E-state index in [1.165, 1.54) is 11.3 Å². The first-order chi connectivity index (χ1) is 12.1. The van der Waals surface area contributed by atoms with E-state index in [-0.39, 0.29) is 5.56 Å². The zero-order valence-corrected chi connectivity index (χ0v) is 14.7. The Balaban J connectivity index is 1.60. The van der Waals surface area contributed by atoms with Crippen LogP contribution in [0.25, 0.3) is 21.5 Å². The molecule has 0 radical (unpaired) electrons. The SMILES string of the molecule is Cc1ccc(CN(C)Cc2nc3scc(-c4ccco4)c3c(=O)[nH]2)o1. The number of H-pyrrole nitrogens is 1. The van der Waals surface area contributed by atoms with E-state index in [4.69, 9.17) is 8.83 Å². The van der Waals surface area contributed by atoms with Gasteiger partial charge in [-0.2, -0.15) is 0 Å². The molecule has 0 saturated heterocycles. The average molecular weight is 355 g/mol. The van der Waals surface area contributed by atoms with Gasteiger partial charge in [-0.1, -0.05) is 0 Å².